The fraction of sp³-hybridized carbons (Fsp3) is 0.320. The number of aromatic nitrogens is 2. The van der Waals surface area contributed by atoms with Crippen LogP contribution in [0.2, 0.25) is 0 Å². The number of para-hydroxylation sites is 1. The number of hydrogen-bond acceptors (Lipinski definition) is 4. The fourth-order valence-corrected chi connectivity index (χ4v) is 5.40. The molecule has 1 fully saturated rings. The SMILES string of the molecule is COc1cccc2c(-c3cncc(-c4ccsc4)c3)cn(CC3CCCN(C)C3)c12. The first-order chi connectivity index (χ1) is 14.7. The van der Waals surface area contributed by atoms with Gasteiger partial charge in [0.25, 0.3) is 0 Å². The Bertz CT molecular complexity index is 1150. The van der Waals surface area contributed by atoms with Crippen LogP contribution in [0.4, 0.5) is 0 Å². The summed E-state index contributed by atoms with van der Waals surface area (Å²) in [5, 5.41) is 5.51. The van der Waals surface area contributed by atoms with Crippen molar-refractivity contribution in [3.8, 4) is 28.0 Å². The highest BCUT2D eigenvalue weighted by Crippen LogP contribution is 2.37. The lowest BCUT2D eigenvalue weighted by molar-refractivity contribution is 0.195. The minimum atomic E-state index is 0.660. The van der Waals surface area contributed by atoms with Gasteiger partial charge in [0.1, 0.15) is 5.75 Å². The number of nitrogens with zero attached hydrogens (tertiary/aromatic N) is 3. The number of thiophene rings is 1. The van der Waals surface area contributed by atoms with Crippen molar-refractivity contribution < 1.29 is 4.74 Å². The summed E-state index contributed by atoms with van der Waals surface area (Å²) < 4.78 is 8.17. The van der Waals surface area contributed by atoms with E-state index in [1.54, 1.807) is 18.4 Å². The van der Waals surface area contributed by atoms with Gasteiger partial charge in [0.2, 0.25) is 0 Å². The van der Waals surface area contributed by atoms with Gasteiger partial charge in [-0.3, -0.25) is 4.98 Å². The smallest absolute Gasteiger partial charge is 0.143 e. The Morgan fingerprint density at radius 2 is 2.07 bits per heavy atom. The highest BCUT2D eigenvalue weighted by Gasteiger charge is 2.21. The minimum Gasteiger partial charge on any atom is -0.495 e. The quantitative estimate of drug-likeness (QED) is 0.412. The van der Waals surface area contributed by atoms with Gasteiger partial charge >= 0.3 is 0 Å². The molecular weight excluding hydrogens is 390 g/mol. The molecule has 4 heterocycles. The van der Waals surface area contributed by atoms with E-state index in [9.17, 15) is 0 Å². The van der Waals surface area contributed by atoms with Gasteiger partial charge in [-0.05, 0) is 66.9 Å². The Balaban J connectivity index is 1.60. The average molecular weight is 418 g/mol. The van der Waals surface area contributed by atoms with Crippen LogP contribution in [0, 0.1) is 5.92 Å². The van der Waals surface area contributed by atoms with E-state index in [-0.39, 0.29) is 0 Å². The molecule has 0 amide bonds. The topological polar surface area (TPSA) is 30.3 Å². The van der Waals surface area contributed by atoms with E-state index in [1.807, 2.05) is 12.4 Å². The van der Waals surface area contributed by atoms with Crippen LogP contribution in [-0.4, -0.2) is 41.7 Å². The summed E-state index contributed by atoms with van der Waals surface area (Å²) in [7, 11) is 3.99. The minimum absolute atomic E-state index is 0.660. The standard InChI is InChI=1S/C25H27N3OS/c1-27-9-4-5-18(14-27)15-28-16-23(22-6-3-7-24(29-2)25(22)28)21-11-20(12-26-13-21)19-8-10-30-17-19/h3,6-8,10-13,16-18H,4-5,9,14-15H2,1-2H3. The van der Waals surface area contributed by atoms with Crippen molar-refractivity contribution in [2.24, 2.45) is 5.92 Å². The molecule has 0 saturated carbocycles. The zero-order valence-corrected chi connectivity index (χ0v) is 18.4. The lowest BCUT2D eigenvalue weighted by atomic mass is 9.98. The molecule has 30 heavy (non-hydrogen) atoms. The maximum atomic E-state index is 5.76. The van der Waals surface area contributed by atoms with Crippen molar-refractivity contribution in [3.63, 3.8) is 0 Å². The average Bonchev–Trinajstić information content (AvgIpc) is 3.43. The van der Waals surface area contributed by atoms with Gasteiger partial charge in [0, 0.05) is 53.8 Å². The first-order valence-corrected chi connectivity index (χ1v) is 11.5. The first-order valence-electron chi connectivity index (χ1n) is 10.6. The highest BCUT2D eigenvalue weighted by atomic mass is 32.1. The van der Waals surface area contributed by atoms with Crippen LogP contribution in [0.15, 0.2) is 59.7 Å². The number of ether oxygens (including phenoxy) is 1. The third-order valence-electron chi connectivity index (χ3n) is 6.16. The van der Waals surface area contributed by atoms with E-state index >= 15 is 0 Å². The van der Waals surface area contributed by atoms with E-state index in [0.29, 0.717) is 5.92 Å². The van der Waals surface area contributed by atoms with Gasteiger partial charge in [0.15, 0.2) is 0 Å². The van der Waals surface area contributed by atoms with Gasteiger partial charge in [-0.15, -0.1) is 0 Å². The predicted octanol–water partition coefficient (Wildman–Crippen LogP) is 5.78. The van der Waals surface area contributed by atoms with Crippen LogP contribution in [0.5, 0.6) is 5.75 Å². The highest BCUT2D eigenvalue weighted by molar-refractivity contribution is 7.08. The Kier molecular flexibility index (Phi) is 5.32. The second-order valence-corrected chi connectivity index (χ2v) is 9.08. The molecule has 0 radical (unpaired) electrons. The Morgan fingerprint density at radius 1 is 1.17 bits per heavy atom. The van der Waals surface area contributed by atoms with Gasteiger partial charge < -0.3 is 14.2 Å². The molecule has 154 valence electrons. The Morgan fingerprint density at radius 3 is 2.87 bits per heavy atom. The maximum absolute atomic E-state index is 5.76. The number of piperidine rings is 1. The van der Waals surface area contributed by atoms with Gasteiger partial charge in [0.05, 0.1) is 12.6 Å². The third kappa shape index (κ3) is 3.64. The second kappa shape index (κ2) is 8.25. The molecule has 1 aliphatic heterocycles. The molecule has 0 N–H and O–H groups in total. The van der Waals surface area contributed by atoms with E-state index in [2.05, 4.69) is 68.8 Å². The largest absolute Gasteiger partial charge is 0.495 e. The lowest BCUT2D eigenvalue weighted by Gasteiger charge is -2.30. The summed E-state index contributed by atoms with van der Waals surface area (Å²) in [6.45, 7) is 3.37. The fourth-order valence-electron chi connectivity index (χ4n) is 4.74. The van der Waals surface area contributed by atoms with E-state index in [0.717, 1.165) is 30.0 Å². The predicted molar refractivity (Wildman–Crippen MR) is 125 cm³/mol. The van der Waals surface area contributed by atoms with Crippen LogP contribution >= 0.6 is 11.3 Å². The molecule has 1 atom stereocenters. The van der Waals surface area contributed by atoms with Crippen LogP contribution < -0.4 is 4.74 Å². The number of benzene rings is 1. The summed E-state index contributed by atoms with van der Waals surface area (Å²) in [6.07, 6.45) is 8.78. The van der Waals surface area contributed by atoms with Crippen LogP contribution in [-0.2, 0) is 6.54 Å². The van der Waals surface area contributed by atoms with Crippen molar-refractivity contribution in [1.29, 1.82) is 0 Å². The van der Waals surface area contributed by atoms with E-state index < -0.39 is 0 Å². The van der Waals surface area contributed by atoms with Gasteiger partial charge in [-0.1, -0.05) is 12.1 Å². The molecule has 0 spiro atoms. The van der Waals surface area contributed by atoms with Gasteiger partial charge in [-0.25, -0.2) is 0 Å². The van der Waals surface area contributed by atoms with Gasteiger partial charge in [-0.2, -0.15) is 11.3 Å². The molecule has 1 saturated heterocycles. The molecular formula is C25H27N3OS. The number of methoxy groups -OCH3 is 1. The molecule has 4 aromatic rings. The summed E-state index contributed by atoms with van der Waals surface area (Å²) in [6, 6.07) is 10.8. The molecule has 5 heteroatoms. The number of likely N-dealkylation sites (tertiary alicyclic amines) is 1. The van der Waals surface area contributed by atoms with E-state index in [1.165, 1.54) is 41.4 Å². The molecule has 4 nitrogen and oxygen atoms in total. The molecule has 0 aliphatic carbocycles. The second-order valence-electron chi connectivity index (χ2n) is 8.30. The van der Waals surface area contributed by atoms with Crippen LogP contribution in [0.3, 0.4) is 0 Å². The molecule has 5 rings (SSSR count). The molecule has 3 aromatic heterocycles. The normalized spacial score (nSPS) is 17.5. The summed E-state index contributed by atoms with van der Waals surface area (Å²) in [5.41, 5.74) is 5.94. The maximum Gasteiger partial charge on any atom is 0.143 e. The number of hydrogen-bond donors (Lipinski definition) is 0. The van der Waals surface area contributed by atoms with Crippen molar-refractivity contribution in [2.75, 3.05) is 27.2 Å². The Labute approximate surface area is 181 Å². The van der Waals surface area contributed by atoms with Crippen LogP contribution in [0.1, 0.15) is 12.8 Å². The number of fused-ring (bicyclic) bond motifs is 1. The lowest BCUT2D eigenvalue weighted by Crippen LogP contribution is -2.33. The summed E-state index contributed by atoms with van der Waals surface area (Å²) in [4.78, 5) is 7.01. The molecule has 1 unspecified atom stereocenters. The number of rotatable bonds is 5. The molecule has 0 bridgehead atoms. The first kappa shape index (κ1) is 19.3. The van der Waals surface area contributed by atoms with Crippen molar-refractivity contribution >= 4 is 22.2 Å². The third-order valence-corrected chi connectivity index (χ3v) is 6.85. The van der Waals surface area contributed by atoms with Crippen LogP contribution in [0.25, 0.3) is 33.2 Å². The Hall–Kier alpha value is -2.63. The van der Waals surface area contributed by atoms with E-state index in [4.69, 9.17) is 4.74 Å². The molecule has 1 aliphatic rings. The van der Waals surface area contributed by atoms with Crippen molar-refractivity contribution in [2.45, 2.75) is 19.4 Å². The van der Waals surface area contributed by atoms with Crippen molar-refractivity contribution in [3.05, 3.63) is 59.7 Å². The zero-order chi connectivity index (χ0) is 20.5. The van der Waals surface area contributed by atoms with Crippen molar-refractivity contribution in [1.82, 2.24) is 14.5 Å². The number of pyridine rings is 1. The summed E-state index contributed by atoms with van der Waals surface area (Å²) in [5.74, 6) is 1.59. The summed E-state index contributed by atoms with van der Waals surface area (Å²) >= 11 is 1.71. The molecule has 1 aromatic carbocycles. The monoisotopic (exact) mass is 417 g/mol. The zero-order valence-electron chi connectivity index (χ0n) is 17.5.